The molecule has 0 N–H and O–H groups in total. The minimum absolute atomic E-state index is 0.0688. The zero-order valence-corrected chi connectivity index (χ0v) is 22.1. The lowest BCUT2D eigenvalue weighted by Gasteiger charge is -2.22. The van der Waals surface area contributed by atoms with E-state index in [4.69, 9.17) is 14.5 Å². The van der Waals surface area contributed by atoms with Crippen LogP contribution in [0.15, 0.2) is 70.6 Å². The average Bonchev–Trinajstić information content (AvgIpc) is 2.96. The molecule has 0 radical (unpaired) electrons. The van der Waals surface area contributed by atoms with E-state index in [9.17, 15) is 19.3 Å². The minimum atomic E-state index is -0.571. The Morgan fingerprint density at radius 1 is 1.10 bits per heavy atom. The monoisotopic (exact) mass is 544 g/mol. The van der Waals surface area contributed by atoms with E-state index in [1.54, 1.807) is 31.2 Å². The number of ether oxygens (including phenoxy) is 2. The third-order valence-electron chi connectivity index (χ3n) is 6.90. The molecule has 5 rings (SSSR count). The Bertz CT molecular complexity index is 1630. The third kappa shape index (κ3) is 5.85. The van der Waals surface area contributed by atoms with Gasteiger partial charge in [-0.2, -0.15) is 9.78 Å². The quantitative estimate of drug-likeness (QED) is 0.138. The van der Waals surface area contributed by atoms with Crippen LogP contribution in [0, 0.1) is 15.9 Å². The van der Waals surface area contributed by atoms with Crippen molar-refractivity contribution in [1.82, 2.24) is 9.66 Å². The van der Waals surface area contributed by atoms with Gasteiger partial charge in [-0.25, -0.2) is 9.37 Å². The lowest BCUT2D eigenvalue weighted by atomic mass is 9.88. The fourth-order valence-electron chi connectivity index (χ4n) is 5.01. The molecule has 1 fully saturated rings. The molecule has 40 heavy (non-hydrogen) atoms. The summed E-state index contributed by atoms with van der Waals surface area (Å²) >= 11 is 0. The Labute approximate surface area is 230 Å². The molecule has 1 aromatic heterocycles. The van der Waals surface area contributed by atoms with Crippen LogP contribution in [0.4, 0.5) is 10.1 Å². The summed E-state index contributed by atoms with van der Waals surface area (Å²) in [4.78, 5) is 29.8. The van der Waals surface area contributed by atoms with Crippen LogP contribution in [0.5, 0.6) is 11.5 Å². The van der Waals surface area contributed by atoms with Crippen molar-refractivity contribution >= 4 is 22.8 Å². The van der Waals surface area contributed by atoms with Crippen molar-refractivity contribution in [3.8, 4) is 11.5 Å². The van der Waals surface area contributed by atoms with Crippen LogP contribution in [-0.2, 0) is 6.61 Å². The summed E-state index contributed by atoms with van der Waals surface area (Å²) < 4.78 is 26.4. The molecule has 0 aliphatic heterocycles. The molecular weight excluding hydrogens is 515 g/mol. The fraction of sp³-hybridized carbons (Fsp3) is 0.300. The van der Waals surface area contributed by atoms with Gasteiger partial charge >= 0.3 is 5.69 Å². The summed E-state index contributed by atoms with van der Waals surface area (Å²) in [6.45, 7) is 1.89. The van der Waals surface area contributed by atoms with E-state index in [0.717, 1.165) is 32.1 Å². The summed E-state index contributed by atoms with van der Waals surface area (Å²) in [6.07, 6.45) is 6.48. The lowest BCUT2D eigenvalue weighted by Crippen LogP contribution is -2.25. The highest BCUT2D eigenvalue weighted by atomic mass is 19.1. The number of nitrogens with zero attached hydrogens (tertiary/aromatic N) is 4. The third-order valence-corrected chi connectivity index (χ3v) is 6.90. The summed E-state index contributed by atoms with van der Waals surface area (Å²) in [5.41, 5.74) is 0.856. The van der Waals surface area contributed by atoms with E-state index < -0.39 is 10.7 Å². The molecule has 1 saturated carbocycles. The molecule has 0 spiro atoms. The molecule has 3 aromatic carbocycles. The molecule has 1 aliphatic carbocycles. The maximum atomic E-state index is 13.6. The molecule has 0 bridgehead atoms. The van der Waals surface area contributed by atoms with Crippen molar-refractivity contribution in [2.45, 2.75) is 51.6 Å². The Kier molecular flexibility index (Phi) is 8.14. The number of aromatic nitrogens is 2. The number of nitro benzene ring substituents is 1. The van der Waals surface area contributed by atoms with Crippen LogP contribution in [0.3, 0.4) is 0 Å². The van der Waals surface area contributed by atoms with Gasteiger partial charge < -0.3 is 9.47 Å². The first kappa shape index (κ1) is 27.0. The van der Waals surface area contributed by atoms with Gasteiger partial charge in [0, 0.05) is 17.5 Å². The Hall–Kier alpha value is -4.60. The van der Waals surface area contributed by atoms with Gasteiger partial charge in [0.25, 0.3) is 5.56 Å². The summed E-state index contributed by atoms with van der Waals surface area (Å²) in [5, 5.41) is 17.0. The highest BCUT2D eigenvalue weighted by Crippen LogP contribution is 2.39. The number of nitro groups is 1. The molecule has 0 atom stereocenters. The first-order chi connectivity index (χ1) is 19.4. The number of benzene rings is 3. The van der Waals surface area contributed by atoms with E-state index in [1.165, 1.54) is 35.2 Å². The molecule has 1 aliphatic rings. The number of rotatable bonds is 9. The normalized spacial score (nSPS) is 14.1. The first-order valence-electron chi connectivity index (χ1n) is 13.3. The summed E-state index contributed by atoms with van der Waals surface area (Å²) in [7, 11) is 0. The minimum Gasteiger partial charge on any atom is -0.490 e. The second-order valence-corrected chi connectivity index (χ2v) is 9.66. The highest BCUT2D eigenvalue weighted by Gasteiger charge is 2.24. The molecule has 1 heterocycles. The van der Waals surface area contributed by atoms with Gasteiger partial charge in [0.2, 0.25) is 5.75 Å². The molecule has 0 unspecified atom stereocenters. The molecule has 10 heteroatoms. The van der Waals surface area contributed by atoms with Crippen LogP contribution in [0.25, 0.3) is 10.9 Å². The van der Waals surface area contributed by atoms with Crippen molar-refractivity contribution in [2.75, 3.05) is 6.61 Å². The Morgan fingerprint density at radius 3 is 2.65 bits per heavy atom. The van der Waals surface area contributed by atoms with Crippen LogP contribution in [0.1, 0.15) is 61.9 Å². The van der Waals surface area contributed by atoms with E-state index in [0.29, 0.717) is 27.9 Å². The largest absolute Gasteiger partial charge is 0.490 e. The van der Waals surface area contributed by atoms with E-state index in [1.807, 2.05) is 12.1 Å². The van der Waals surface area contributed by atoms with Gasteiger partial charge in [-0.3, -0.25) is 14.9 Å². The lowest BCUT2D eigenvalue weighted by molar-refractivity contribution is -0.386. The fourth-order valence-corrected chi connectivity index (χ4v) is 5.01. The van der Waals surface area contributed by atoms with Gasteiger partial charge in [-0.15, -0.1) is 0 Å². The van der Waals surface area contributed by atoms with Crippen LogP contribution < -0.4 is 15.0 Å². The summed E-state index contributed by atoms with van der Waals surface area (Å²) in [5.74, 6) is 0.328. The topological polar surface area (TPSA) is 109 Å². The number of hydrogen-bond donors (Lipinski definition) is 0. The maximum Gasteiger partial charge on any atom is 0.315 e. The second-order valence-electron chi connectivity index (χ2n) is 9.66. The molecule has 0 saturated heterocycles. The van der Waals surface area contributed by atoms with Gasteiger partial charge in [-0.05, 0) is 55.7 Å². The van der Waals surface area contributed by atoms with Crippen molar-refractivity contribution in [3.63, 3.8) is 0 Å². The molecule has 4 aromatic rings. The average molecular weight is 545 g/mol. The zero-order valence-electron chi connectivity index (χ0n) is 22.1. The zero-order chi connectivity index (χ0) is 28.1. The van der Waals surface area contributed by atoms with Crippen molar-refractivity contribution in [2.24, 2.45) is 5.10 Å². The van der Waals surface area contributed by atoms with Crippen molar-refractivity contribution in [3.05, 3.63) is 104 Å². The molecular formula is C30H29FN4O5. The van der Waals surface area contributed by atoms with Crippen LogP contribution in [0.2, 0.25) is 0 Å². The van der Waals surface area contributed by atoms with E-state index in [2.05, 4.69) is 5.10 Å². The van der Waals surface area contributed by atoms with Crippen molar-refractivity contribution < 1.29 is 18.8 Å². The Balaban J connectivity index is 1.55. The molecule has 0 amide bonds. The number of para-hydroxylation sites is 1. The van der Waals surface area contributed by atoms with Gasteiger partial charge in [0.15, 0.2) is 5.75 Å². The number of fused-ring (bicyclic) bond motifs is 1. The summed E-state index contributed by atoms with van der Waals surface area (Å²) in [6, 6.07) is 15.8. The Morgan fingerprint density at radius 2 is 1.90 bits per heavy atom. The molecule has 9 nitrogen and oxygen atoms in total. The van der Waals surface area contributed by atoms with Crippen molar-refractivity contribution in [1.29, 1.82) is 0 Å². The maximum absolute atomic E-state index is 13.6. The second kappa shape index (κ2) is 12.1. The van der Waals surface area contributed by atoms with E-state index in [-0.39, 0.29) is 41.9 Å². The predicted molar refractivity (Wildman–Crippen MR) is 150 cm³/mol. The SMILES string of the molecule is CCOc1cc(C=Nn2c(C3CCCCC3)nc3ccccc3c2=O)cc([N+](=O)[O-])c1OCc1cccc(F)c1. The van der Waals surface area contributed by atoms with Gasteiger partial charge in [0.1, 0.15) is 18.2 Å². The van der Waals surface area contributed by atoms with E-state index >= 15 is 0 Å². The van der Waals surface area contributed by atoms with Gasteiger partial charge in [-0.1, -0.05) is 43.5 Å². The standard InChI is InChI=1S/C30H29FN4O5/c1-2-39-27-17-21(16-26(35(37)38)28(27)40-19-20-9-8-12-23(31)15-20)18-32-34-29(22-10-4-3-5-11-22)33-25-14-7-6-13-24(25)30(34)36/h6-9,12-18,22H,2-5,10-11,19H2,1H3. The predicted octanol–water partition coefficient (Wildman–Crippen LogP) is 6.35. The number of hydrogen-bond acceptors (Lipinski definition) is 7. The van der Waals surface area contributed by atoms with Gasteiger partial charge in [0.05, 0.1) is 28.6 Å². The van der Waals surface area contributed by atoms with Crippen LogP contribution >= 0.6 is 0 Å². The molecule has 206 valence electrons. The smallest absolute Gasteiger partial charge is 0.315 e. The first-order valence-corrected chi connectivity index (χ1v) is 13.3. The highest BCUT2D eigenvalue weighted by molar-refractivity contribution is 5.83. The number of halogens is 1. The van der Waals surface area contributed by atoms with Crippen LogP contribution in [-0.4, -0.2) is 27.4 Å².